The van der Waals surface area contributed by atoms with Gasteiger partial charge in [0.2, 0.25) is 0 Å². The fraction of sp³-hybridized carbons (Fsp3) is 0.286. The van der Waals surface area contributed by atoms with E-state index in [2.05, 4.69) is 5.32 Å². The Bertz CT molecular complexity index is 1200. The van der Waals surface area contributed by atoms with E-state index in [1.807, 2.05) is 49.4 Å². The first kappa shape index (κ1) is 28.2. The molecule has 3 rings (SSSR count). The molecule has 3 aromatic carbocycles. The SMILES string of the molecule is CC(CN(CCc1ccc(OC(C)(C)C(=O)O)cc1)C(=O)Nc1cccc(Cl)c1Cl)Oc1ccccc1. The van der Waals surface area contributed by atoms with Gasteiger partial charge in [-0.25, -0.2) is 9.59 Å². The molecule has 0 aromatic heterocycles. The van der Waals surface area contributed by atoms with Crippen LogP contribution in [-0.4, -0.2) is 46.8 Å². The Hall–Kier alpha value is -3.42. The van der Waals surface area contributed by atoms with E-state index in [1.165, 1.54) is 13.8 Å². The van der Waals surface area contributed by atoms with Crippen LogP contribution in [-0.2, 0) is 11.2 Å². The number of ether oxygens (including phenoxy) is 2. The van der Waals surface area contributed by atoms with Gasteiger partial charge in [-0.05, 0) is 69.2 Å². The molecule has 0 bridgehead atoms. The molecular weight excluding hydrogens is 515 g/mol. The molecule has 0 aliphatic rings. The second-order valence-corrected chi connectivity index (χ2v) is 9.82. The van der Waals surface area contributed by atoms with Crippen LogP contribution >= 0.6 is 23.2 Å². The van der Waals surface area contributed by atoms with Gasteiger partial charge in [0.25, 0.3) is 0 Å². The van der Waals surface area contributed by atoms with Crippen molar-refractivity contribution in [2.24, 2.45) is 0 Å². The molecule has 0 aliphatic carbocycles. The Morgan fingerprint density at radius 2 is 1.65 bits per heavy atom. The number of hydrogen-bond acceptors (Lipinski definition) is 4. The second-order valence-electron chi connectivity index (χ2n) is 9.03. The van der Waals surface area contributed by atoms with Crippen LogP contribution in [0.5, 0.6) is 11.5 Å². The molecule has 2 amide bonds. The Morgan fingerprint density at radius 1 is 0.973 bits per heavy atom. The maximum atomic E-state index is 13.2. The number of urea groups is 1. The minimum Gasteiger partial charge on any atom is -0.489 e. The van der Waals surface area contributed by atoms with Crippen LogP contribution in [0.4, 0.5) is 10.5 Å². The van der Waals surface area contributed by atoms with Gasteiger partial charge in [0.1, 0.15) is 17.6 Å². The molecule has 9 heteroatoms. The summed E-state index contributed by atoms with van der Waals surface area (Å²) in [7, 11) is 0. The van der Waals surface area contributed by atoms with Gasteiger partial charge < -0.3 is 24.8 Å². The van der Waals surface area contributed by atoms with Crippen molar-refractivity contribution in [3.63, 3.8) is 0 Å². The summed E-state index contributed by atoms with van der Waals surface area (Å²) in [5.41, 5.74) is 0.0337. The van der Waals surface area contributed by atoms with Gasteiger partial charge in [0.05, 0.1) is 22.3 Å². The number of carbonyl (C=O) groups is 2. The van der Waals surface area contributed by atoms with Crippen molar-refractivity contribution >= 4 is 40.9 Å². The second kappa shape index (κ2) is 12.7. The number of para-hydroxylation sites is 1. The van der Waals surface area contributed by atoms with E-state index in [-0.39, 0.29) is 17.2 Å². The molecule has 0 aliphatic heterocycles. The summed E-state index contributed by atoms with van der Waals surface area (Å²) in [6.45, 7) is 5.60. The minimum atomic E-state index is -1.34. The smallest absolute Gasteiger partial charge is 0.347 e. The maximum Gasteiger partial charge on any atom is 0.347 e. The number of carboxylic acids is 1. The summed E-state index contributed by atoms with van der Waals surface area (Å²) in [6, 6.07) is 21.3. The molecule has 0 heterocycles. The van der Waals surface area contributed by atoms with Crippen LogP contribution in [0.15, 0.2) is 72.8 Å². The summed E-state index contributed by atoms with van der Waals surface area (Å²) in [4.78, 5) is 26.2. The number of nitrogens with zero attached hydrogens (tertiary/aromatic N) is 1. The van der Waals surface area contributed by atoms with Crippen molar-refractivity contribution in [1.82, 2.24) is 4.90 Å². The zero-order valence-electron chi connectivity index (χ0n) is 20.9. The molecule has 0 spiro atoms. The number of carbonyl (C=O) groups excluding carboxylic acids is 1. The Kier molecular flexibility index (Phi) is 9.66. The van der Waals surface area contributed by atoms with Crippen LogP contribution in [0.3, 0.4) is 0 Å². The first-order chi connectivity index (χ1) is 17.5. The highest BCUT2D eigenvalue weighted by atomic mass is 35.5. The fourth-order valence-electron chi connectivity index (χ4n) is 3.48. The highest BCUT2D eigenvalue weighted by Gasteiger charge is 2.29. The largest absolute Gasteiger partial charge is 0.489 e. The standard InChI is InChI=1S/C28H30Cl2N2O5/c1-19(36-21-8-5-4-6-9-21)18-32(27(35)31-24-11-7-10-23(29)25(24)30)17-16-20-12-14-22(15-13-20)37-28(2,3)26(33)34/h4-15,19H,16-18H2,1-3H3,(H,31,35)(H,33,34). The highest BCUT2D eigenvalue weighted by molar-refractivity contribution is 6.43. The number of carboxylic acid groups (broad SMARTS) is 1. The Balaban J connectivity index is 1.70. The van der Waals surface area contributed by atoms with Crippen molar-refractivity contribution in [2.75, 3.05) is 18.4 Å². The third-order valence-electron chi connectivity index (χ3n) is 5.52. The molecule has 0 fully saturated rings. The average molecular weight is 545 g/mol. The third kappa shape index (κ3) is 8.30. The molecule has 1 unspecified atom stereocenters. The van der Waals surface area contributed by atoms with Gasteiger partial charge in [-0.2, -0.15) is 0 Å². The third-order valence-corrected chi connectivity index (χ3v) is 6.34. The van der Waals surface area contributed by atoms with Crippen molar-refractivity contribution in [3.8, 4) is 11.5 Å². The minimum absolute atomic E-state index is 0.269. The Labute approximate surface area is 226 Å². The van der Waals surface area contributed by atoms with E-state index in [4.69, 9.17) is 32.7 Å². The molecule has 196 valence electrons. The van der Waals surface area contributed by atoms with Crippen LogP contribution in [0, 0.1) is 0 Å². The lowest BCUT2D eigenvalue weighted by atomic mass is 10.1. The molecule has 0 saturated carbocycles. The normalized spacial score (nSPS) is 11.9. The topological polar surface area (TPSA) is 88.1 Å². The average Bonchev–Trinajstić information content (AvgIpc) is 2.85. The number of aliphatic carboxylic acids is 1. The van der Waals surface area contributed by atoms with Gasteiger partial charge in [-0.15, -0.1) is 0 Å². The quantitative estimate of drug-likeness (QED) is 0.277. The monoisotopic (exact) mass is 544 g/mol. The number of halogens is 2. The van der Waals surface area contributed by atoms with E-state index in [0.29, 0.717) is 41.7 Å². The number of hydrogen-bond donors (Lipinski definition) is 2. The van der Waals surface area contributed by atoms with E-state index >= 15 is 0 Å². The van der Waals surface area contributed by atoms with Gasteiger partial charge in [-0.1, -0.05) is 59.6 Å². The highest BCUT2D eigenvalue weighted by Crippen LogP contribution is 2.30. The van der Waals surface area contributed by atoms with E-state index in [9.17, 15) is 14.7 Å². The lowest BCUT2D eigenvalue weighted by molar-refractivity contribution is -0.152. The summed E-state index contributed by atoms with van der Waals surface area (Å²) < 4.78 is 11.6. The summed E-state index contributed by atoms with van der Waals surface area (Å²) in [6.07, 6.45) is 0.272. The van der Waals surface area contributed by atoms with Crippen LogP contribution < -0.4 is 14.8 Å². The zero-order chi connectivity index (χ0) is 27.0. The molecule has 37 heavy (non-hydrogen) atoms. The van der Waals surface area contributed by atoms with Gasteiger partial charge in [0, 0.05) is 6.54 Å². The van der Waals surface area contributed by atoms with Crippen LogP contribution in [0.25, 0.3) is 0 Å². The van der Waals surface area contributed by atoms with E-state index in [1.54, 1.807) is 35.2 Å². The van der Waals surface area contributed by atoms with Crippen LogP contribution in [0.2, 0.25) is 10.0 Å². The van der Waals surface area contributed by atoms with Crippen molar-refractivity contribution in [3.05, 3.63) is 88.4 Å². The maximum absolute atomic E-state index is 13.2. The number of amides is 2. The molecule has 2 N–H and O–H groups in total. The molecule has 7 nitrogen and oxygen atoms in total. The molecule has 0 radical (unpaired) electrons. The van der Waals surface area contributed by atoms with Gasteiger partial charge >= 0.3 is 12.0 Å². The summed E-state index contributed by atoms with van der Waals surface area (Å²) in [5, 5.41) is 12.7. The predicted octanol–water partition coefficient (Wildman–Crippen LogP) is 6.78. The predicted molar refractivity (Wildman–Crippen MR) is 146 cm³/mol. The van der Waals surface area contributed by atoms with Crippen LogP contribution in [0.1, 0.15) is 26.3 Å². The lowest BCUT2D eigenvalue weighted by Crippen LogP contribution is -2.42. The molecular formula is C28H30Cl2N2O5. The van der Waals surface area contributed by atoms with Crippen molar-refractivity contribution in [2.45, 2.75) is 38.9 Å². The summed E-state index contributed by atoms with van der Waals surface area (Å²) >= 11 is 12.4. The van der Waals surface area contributed by atoms with E-state index in [0.717, 1.165) is 5.56 Å². The zero-order valence-corrected chi connectivity index (χ0v) is 22.4. The number of rotatable bonds is 11. The molecule has 0 saturated heterocycles. The first-order valence-electron chi connectivity index (χ1n) is 11.8. The molecule has 3 aromatic rings. The lowest BCUT2D eigenvalue weighted by Gasteiger charge is -2.27. The number of nitrogens with one attached hydrogen (secondary N) is 1. The molecule has 1 atom stereocenters. The van der Waals surface area contributed by atoms with Crippen molar-refractivity contribution in [1.29, 1.82) is 0 Å². The van der Waals surface area contributed by atoms with Gasteiger partial charge in [0.15, 0.2) is 5.60 Å². The summed E-state index contributed by atoms with van der Waals surface area (Å²) in [5.74, 6) is 0.115. The fourth-order valence-corrected chi connectivity index (χ4v) is 3.82. The number of anilines is 1. The number of benzene rings is 3. The van der Waals surface area contributed by atoms with Gasteiger partial charge in [-0.3, -0.25) is 0 Å². The van der Waals surface area contributed by atoms with E-state index < -0.39 is 11.6 Å². The van der Waals surface area contributed by atoms with Crippen molar-refractivity contribution < 1.29 is 24.2 Å². The Morgan fingerprint density at radius 3 is 2.30 bits per heavy atom. The first-order valence-corrected chi connectivity index (χ1v) is 12.5.